The van der Waals surface area contributed by atoms with E-state index >= 15 is 0 Å². The molecule has 1 atom stereocenters. The second-order valence-electron chi connectivity index (χ2n) is 8.14. The average Bonchev–Trinajstić information content (AvgIpc) is 3.07. The summed E-state index contributed by atoms with van der Waals surface area (Å²) in [6, 6.07) is 8.98. The SMILES string of the molecule is CN=C(NCC(C)c1c(C)noc1C)N(C)Cc1ccc(N2CCCCC2)cc1. The molecule has 1 aliphatic rings. The van der Waals surface area contributed by atoms with E-state index < -0.39 is 0 Å². The van der Waals surface area contributed by atoms with Crippen molar-refractivity contribution in [1.82, 2.24) is 15.4 Å². The lowest BCUT2D eigenvalue weighted by Gasteiger charge is -2.29. The van der Waals surface area contributed by atoms with Crippen LogP contribution in [-0.4, -0.2) is 49.7 Å². The van der Waals surface area contributed by atoms with E-state index in [0.29, 0.717) is 5.92 Å². The van der Waals surface area contributed by atoms with Crippen LogP contribution in [0, 0.1) is 13.8 Å². The van der Waals surface area contributed by atoms with Crippen molar-refractivity contribution in [3.8, 4) is 0 Å². The van der Waals surface area contributed by atoms with Crippen LogP contribution in [0.1, 0.15) is 54.7 Å². The molecule has 0 radical (unpaired) electrons. The molecule has 1 aromatic carbocycles. The highest BCUT2D eigenvalue weighted by molar-refractivity contribution is 5.79. The lowest BCUT2D eigenvalue weighted by atomic mass is 10.00. The van der Waals surface area contributed by atoms with Crippen LogP contribution in [0.25, 0.3) is 0 Å². The fourth-order valence-corrected chi connectivity index (χ4v) is 4.24. The minimum atomic E-state index is 0.301. The summed E-state index contributed by atoms with van der Waals surface area (Å²) in [7, 11) is 3.91. The minimum Gasteiger partial charge on any atom is -0.372 e. The van der Waals surface area contributed by atoms with Crippen molar-refractivity contribution in [3.63, 3.8) is 0 Å². The van der Waals surface area contributed by atoms with E-state index in [0.717, 1.165) is 30.5 Å². The molecular formula is C23H35N5O. The number of nitrogens with one attached hydrogen (secondary N) is 1. The van der Waals surface area contributed by atoms with Gasteiger partial charge in [0.25, 0.3) is 0 Å². The number of aryl methyl sites for hydroxylation is 2. The Balaban J connectivity index is 1.55. The maximum atomic E-state index is 5.31. The highest BCUT2D eigenvalue weighted by Gasteiger charge is 2.17. The third-order valence-electron chi connectivity index (χ3n) is 5.80. The number of hydrogen-bond donors (Lipinski definition) is 1. The van der Waals surface area contributed by atoms with E-state index in [1.807, 2.05) is 20.9 Å². The molecule has 1 N–H and O–H groups in total. The maximum Gasteiger partial charge on any atom is 0.193 e. The van der Waals surface area contributed by atoms with Gasteiger partial charge in [-0.05, 0) is 50.8 Å². The van der Waals surface area contributed by atoms with Gasteiger partial charge in [0.1, 0.15) is 5.76 Å². The highest BCUT2D eigenvalue weighted by Crippen LogP contribution is 2.23. The Labute approximate surface area is 175 Å². The standard InChI is InChI=1S/C23H35N5O/c1-17(22-18(2)26-29-19(22)3)15-25-23(24-4)27(5)16-20-9-11-21(12-10-20)28-13-7-6-8-14-28/h9-12,17H,6-8,13-16H2,1-5H3,(H,24,25). The van der Waals surface area contributed by atoms with Crippen LogP contribution in [-0.2, 0) is 6.54 Å². The first-order chi connectivity index (χ1) is 14.0. The number of nitrogens with zero attached hydrogens (tertiary/aromatic N) is 4. The summed E-state index contributed by atoms with van der Waals surface area (Å²) in [6.45, 7) is 10.1. The number of hydrogen-bond acceptors (Lipinski definition) is 4. The molecule has 1 aliphatic heterocycles. The molecule has 0 bridgehead atoms. The first-order valence-electron chi connectivity index (χ1n) is 10.7. The molecule has 29 heavy (non-hydrogen) atoms. The van der Waals surface area contributed by atoms with Gasteiger partial charge in [0, 0.05) is 57.4 Å². The molecule has 2 heterocycles. The molecule has 0 saturated carbocycles. The number of anilines is 1. The van der Waals surface area contributed by atoms with Crippen molar-refractivity contribution in [2.45, 2.75) is 52.5 Å². The Hall–Kier alpha value is -2.50. The van der Waals surface area contributed by atoms with Crippen molar-refractivity contribution in [1.29, 1.82) is 0 Å². The van der Waals surface area contributed by atoms with Gasteiger partial charge in [-0.25, -0.2) is 0 Å². The van der Waals surface area contributed by atoms with Crippen LogP contribution in [0.4, 0.5) is 5.69 Å². The van der Waals surface area contributed by atoms with Gasteiger partial charge in [-0.3, -0.25) is 4.99 Å². The van der Waals surface area contributed by atoms with Crippen molar-refractivity contribution < 1.29 is 4.52 Å². The summed E-state index contributed by atoms with van der Waals surface area (Å²) in [5.41, 5.74) is 4.78. The normalized spacial score (nSPS) is 16.0. The number of guanidine groups is 1. The van der Waals surface area contributed by atoms with Crippen LogP contribution in [0.15, 0.2) is 33.8 Å². The van der Waals surface area contributed by atoms with Crippen LogP contribution in [0.2, 0.25) is 0 Å². The Bertz CT molecular complexity index is 786. The molecule has 1 unspecified atom stereocenters. The molecule has 6 heteroatoms. The summed E-state index contributed by atoms with van der Waals surface area (Å²) in [5.74, 6) is 2.09. The van der Waals surface area contributed by atoms with Gasteiger partial charge in [0.05, 0.1) is 5.69 Å². The second kappa shape index (κ2) is 9.81. The summed E-state index contributed by atoms with van der Waals surface area (Å²) >= 11 is 0. The largest absolute Gasteiger partial charge is 0.372 e. The predicted octanol–water partition coefficient (Wildman–Crippen LogP) is 4.09. The first-order valence-corrected chi connectivity index (χ1v) is 10.7. The monoisotopic (exact) mass is 397 g/mol. The smallest absolute Gasteiger partial charge is 0.193 e. The van der Waals surface area contributed by atoms with Crippen LogP contribution in [0.5, 0.6) is 0 Å². The van der Waals surface area contributed by atoms with Gasteiger partial charge < -0.3 is 19.6 Å². The topological polar surface area (TPSA) is 56.9 Å². The van der Waals surface area contributed by atoms with E-state index in [2.05, 4.69) is 63.5 Å². The second-order valence-corrected chi connectivity index (χ2v) is 8.14. The Morgan fingerprint density at radius 2 is 1.90 bits per heavy atom. The summed E-state index contributed by atoms with van der Waals surface area (Å²) in [4.78, 5) is 9.11. The van der Waals surface area contributed by atoms with E-state index in [1.54, 1.807) is 0 Å². The van der Waals surface area contributed by atoms with E-state index in [4.69, 9.17) is 4.52 Å². The molecule has 2 aromatic rings. The Kier molecular flexibility index (Phi) is 7.18. The third-order valence-corrected chi connectivity index (χ3v) is 5.80. The molecule has 6 nitrogen and oxygen atoms in total. The highest BCUT2D eigenvalue weighted by atomic mass is 16.5. The van der Waals surface area contributed by atoms with E-state index in [-0.39, 0.29) is 0 Å². The van der Waals surface area contributed by atoms with Crippen molar-refractivity contribution >= 4 is 11.6 Å². The predicted molar refractivity (Wildman–Crippen MR) is 120 cm³/mol. The number of piperidine rings is 1. The molecular weight excluding hydrogens is 362 g/mol. The fraction of sp³-hybridized carbons (Fsp3) is 0.565. The van der Waals surface area contributed by atoms with Gasteiger partial charge in [-0.1, -0.05) is 24.2 Å². The molecule has 158 valence electrons. The summed E-state index contributed by atoms with van der Waals surface area (Å²) in [5, 5.41) is 7.56. The van der Waals surface area contributed by atoms with E-state index in [1.165, 1.54) is 49.2 Å². The van der Waals surface area contributed by atoms with Crippen molar-refractivity contribution in [2.24, 2.45) is 4.99 Å². The van der Waals surface area contributed by atoms with Gasteiger partial charge in [0.15, 0.2) is 5.96 Å². The van der Waals surface area contributed by atoms with Gasteiger partial charge in [-0.2, -0.15) is 0 Å². The lowest BCUT2D eigenvalue weighted by Crippen LogP contribution is -2.40. The lowest BCUT2D eigenvalue weighted by molar-refractivity contribution is 0.391. The summed E-state index contributed by atoms with van der Waals surface area (Å²) in [6.07, 6.45) is 3.97. The molecule has 0 aliphatic carbocycles. The van der Waals surface area contributed by atoms with Crippen LogP contribution in [0.3, 0.4) is 0 Å². The van der Waals surface area contributed by atoms with Crippen molar-refractivity contribution in [3.05, 3.63) is 46.8 Å². The first kappa shape index (κ1) is 21.2. The Morgan fingerprint density at radius 3 is 2.48 bits per heavy atom. The minimum absolute atomic E-state index is 0.301. The number of aliphatic imine (C=N–C) groups is 1. The van der Waals surface area contributed by atoms with Crippen molar-refractivity contribution in [2.75, 3.05) is 38.6 Å². The van der Waals surface area contributed by atoms with Gasteiger partial charge in [-0.15, -0.1) is 0 Å². The average molecular weight is 398 g/mol. The molecule has 1 saturated heterocycles. The quantitative estimate of drug-likeness (QED) is 0.588. The maximum absolute atomic E-state index is 5.31. The third kappa shape index (κ3) is 5.31. The molecule has 3 rings (SSSR count). The van der Waals surface area contributed by atoms with Crippen LogP contribution < -0.4 is 10.2 Å². The summed E-state index contributed by atoms with van der Waals surface area (Å²) < 4.78 is 5.31. The number of benzene rings is 1. The van der Waals surface area contributed by atoms with Gasteiger partial charge in [0.2, 0.25) is 0 Å². The zero-order valence-electron chi connectivity index (χ0n) is 18.5. The molecule has 0 amide bonds. The van der Waals surface area contributed by atoms with Crippen LogP contribution >= 0.6 is 0 Å². The zero-order valence-corrected chi connectivity index (χ0v) is 18.5. The fourth-order valence-electron chi connectivity index (χ4n) is 4.24. The van der Waals surface area contributed by atoms with Gasteiger partial charge >= 0.3 is 0 Å². The molecule has 1 aromatic heterocycles. The zero-order chi connectivity index (χ0) is 20.8. The number of rotatable bonds is 6. The number of aromatic nitrogens is 1. The molecule has 1 fully saturated rings. The Morgan fingerprint density at radius 1 is 1.21 bits per heavy atom. The molecule has 0 spiro atoms. The van der Waals surface area contributed by atoms with E-state index in [9.17, 15) is 0 Å².